The molecule has 0 aromatic carbocycles. The molecular weight excluding hydrogens is 916 g/mol. The maximum absolute atomic E-state index is 11.5. The average Bonchev–Trinajstić information content (AvgIpc) is 3.37. The van der Waals surface area contributed by atoms with Crippen LogP contribution < -0.4 is 0 Å². The topological polar surface area (TPSA) is 357 Å². The zero-order chi connectivity index (χ0) is 49.8. The molecular formula is C47H84O22. The fraction of sp³-hybridized carbons (Fsp3) is 1.00. The van der Waals surface area contributed by atoms with Crippen molar-refractivity contribution in [3.8, 4) is 0 Å². The summed E-state index contributed by atoms with van der Waals surface area (Å²) in [7, 11) is 0. The highest BCUT2D eigenvalue weighted by molar-refractivity contribution is 4.97. The van der Waals surface area contributed by atoms with Crippen molar-refractivity contribution in [1.82, 2.24) is 0 Å². The van der Waals surface area contributed by atoms with Crippen LogP contribution in [0.3, 0.4) is 0 Å². The van der Waals surface area contributed by atoms with Crippen molar-refractivity contribution in [3.05, 3.63) is 0 Å². The molecule has 69 heavy (non-hydrogen) atoms. The van der Waals surface area contributed by atoms with Gasteiger partial charge in [0.15, 0.2) is 25.2 Å². The zero-order valence-corrected chi connectivity index (χ0v) is 39.7. The summed E-state index contributed by atoms with van der Waals surface area (Å²) in [5.41, 5.74) is -0.863. The second-order valence-corrected chi connectivity index (χ2v) is 20.6. The van der Waals surface area contributed by atoms with E-state index in [4.69, 9.17) is 37.9 Å². The van der Waals surface area contributed by atoms with E-state index in [1.165, 1.54) is 64.2 Å². The van der Waals surface area contributed by atoms with Gasteiger partial charge in [-0.25, -0.2) is 0 Å². The van der Waals surface area contributed by atoms with Gasteiger partial charge in [-0.2, -0.15) is 0 Å². The van der Waals surface area contributed by atoms with Gasteiger partial charge in [-0.1, -0.05) is 103 Å². The second-order valence-electron chi connectivity index (χ2n) is 20.6. The minimum absolute atomic E-state index is 0.123. The first-order chi connectivity index (χ1) is 33.1. The van der Waals surface area contributed by atoms with Crippen molar-refractivity contribution < 1.29 is 109 Å². The van der Waals surface area contributed by atoms with Crippen LogP contribution in [0.4, 0.5) is 0 Å². The summed E-state index contributed by atoms with van der Waals surface area (Å²) in [6.45, 7) is -3.23. The van der Waals surface area contributed by atoms with E-state index in [0.717, 1.165) is 38.5 Å². The van der Waals surface area contributed by atoms with Gasteiger partial charge in [0.05, 0.1) is 39.6 Å². The standard InChI is InChI=1S/C47H84O22/c48-19-27-31(52)33(54)37(58)45(64-27)68-41-29(21-50)66-43(39(60)35(41)56)62-23-47(17-9-7-15-25-11-3-1-4-12-25,18-10-8-16-26-13-5-2-6-14-26)24-63-44-40(61)36(57)42(30(22-51)67-44)69-46-38(59)34(55)32(53)28(20-49)65-46/h25-46,48-61H,1-24H2/t27?,28?,29?,30?,31-,32-,33+,34+,35-,36-,37?,38?,39?,40?,41-,42-,43-,44-,45-,46+/m1/s1. The van der Waals surface area contributed by atoms with Gasteiger partial charge < -0.3 is 109 Å². The number of aliphatic hydroxyl groups excluding tert-OH is 14. The number of ether oxygens (including phenoxy) is 8. The van der Waals surface area contributed by atoms with Crippen molar-refractivity contribution in [1.29, 1.82) is 0 Å². The van der Waals surface area contributed by atoms with Crippen molar-refractivity contribution in [3.63, 3.8) is 0 Å². The van der Waals surface area contributed by atoms with Gasteiger partial charge >= 0.3 is 0 Å². The lowest BCUT2D eigenvalue weighted by molar-refractivity contribution is -0.365. The first kappa shape index (κ1) is 57.4. The SMILES string of the molecule is OCC1O[C@H](O[C@@H]2C(CO)O[C@@H](OCC(CCCCC3CCCCC3)(CCCCC3CCCCC3)CO[C@@H]3OC(CO)[C@@H](O[C@@H]4OC(CO)[C@@H](O)[C@H](O)C4O)[C@H](O)C3O)C(O)[C@H]2O)C(O)[C@@H](O)[C@@H]1O. The van der Waals surface area contributed by atoms with E-state index < -0.39 is 155 Å². The summed E-state index contributed by atoms with van der Waals surface area (Å²) in [4.78, 5) is 0. The third kappa shape index (κ3) is 14.7. The molecule has 2 saturated carbocycles. The summed E-state index contributed by atoms with van der Waals surface area (Å²) < 4.78 is 47.2. The smallest absolute Gasteiger partial charge is 0.187 e. The minimum Gasteiger partial charge on any atom is -0.394 e. The monoisotopic (exact) mass is 1000 g/mol. The molecule has 0 bridgehead atoms. The van der Waals surface area contributed by atoms with E-state index in [9.17, 15) is 71.5 Å². The molecule has 0 amide bonds. The van der Waals surface area contributed by atoms with Gasteiger partial charge in [0, 0.05) is 5.41 Å². The summed E-state index contributed by atoms with van der Waals surface area (Å²) in [6.07, 6.45) is -14.2. The summed E-state index contributed by atoms with van der Waals surface area (Å²) >= 11 is 0. The molecule has 4 heterocycles. The average molecular weight is 1000 g/mol. The van der Waals surface area contributed by atoms with Crippen LogP contribution in [0.15, 0.2) is 0 Å². The Bertz CT molecular complexity index is 1330. The lowest BCUT2D eigenvalue weighted by Crippen LogP contribution is -2.65. The molecule has 8 unspecified atom stereocenters. The van der Waals surface area contributed by atoms with Gasteiger partial charge in [0.2, 0.25) is 0 Å². The Kier molecular flexibility index (Phi) is 23.0. The van der Waals surface area contributed by atoms with Crippen LogP contribution in [-0.4, -0.2) is 234 Å². The molecule has 0 aromatic heterocycles. The largest absolute Gasteiger partial charge is 0.394 e. The highest BCUT2D eigenvalue weighted by Crippen LogP contribution is 2.39. The molecule has 22 heteroatoms. The number of hydrogen-bond acceptors (Lipinski definition) is 22. The van der Waals surface area contributed by atoms with Gasteiger partial charge in [-0.15, -0.1) is 0 Å². The Labute approximate surface area is 404 Å². The Morgan fingerprint density at radius 3 is 1.04 bits per heavy atom. The van der Waals surface area contributed by atoms with Gasteiger partial charge in [0.1, 0.15) is 97.7 Å². The Morgan fingerprint density at radius 1 is 0.362 bits per heavy atom. The van der Waals surface area contributed by atoms with E-state index in [1.54, 1.807) is 0 Å². The molecule has 404 valence electrons. The Morgan fingerprint density at radius 2 is 0.696 bits per heavy atom. The molecule has 0 spiro atoms. The molecule has 6 aliphatic rings. The maximum Gasteiger partial charge on any atom is 0.187 e. The minimum atomic E-state index is -1.83. The van der Waals surface area contributed by atoms with Gasteiger partial charge in [0.25, 0.3) is 0 Å². The summed E-state index contributed by atoms with van der Waals surface area (Å²) in [5.74, 6) is 1.25. The normalized spacial score (nSPS) is 42.2. The van der Waals surface area contributed by atoms with Crippen LogP contribution >= 0.6 is 0 Å². The molecule has 22 nitrogen and oxygen atoms in total. The van der Waals surface area contributed by atoms with Crippen LogP contribution in [0, 0.1) is 17.3 Å². The number of unbranched alkanes of at least 4 members (excludes halogenated alkanes) is 2. The fourth-order valence-corrected chi connectivity index (χ4v) is 11.2. The lowest BCUT2D eigenvalue weighted by atomic mass is 9.77. The first-order valence-corrected chi connectivity index (χ1v) is 25.6. The van der Waals surface area contributed by atoms with E-state index in [1.807, 2.05) is 0 Å². The number of rotatable bonds is 24. The molecule has 4 aliphatic heterocycles. The zero-order valence-electron chi connectivity index (χ0n) is 39.7. The molecule has 0 aromatic rings. The van der Waals surface area contributed by atoms with Crippen molar-refractivity contribution >= 4 is 0 Å². The summed E-state index contributed by atoms with van der Waals surface area (Å²) in [6, 6.07) is 0. The van der Waals surface area contributed by atoms with Crippen LogP contribution in [0.25, 0.3) is 0 Å². The summed E-state index contributed by atoms with van der Waals surface area (Å²) in [5, 5.41) is 148. The number of hydrogen-bond donors (Lipinski definition) is 14. The fourth-order valence-electron chi connectivity index (χ4n) is 11.2. The van der Waals surface area contributed by atoms with E-state index in [0.29, 0.717) is 24.7 Å². The van der Waals surface area contributed by atoms with Crippen LogP contribution in [-0.2, 0) is 37.9 Å². The predicted octanol–water partition coefficient (Wildman–Crippen LogP) is -2.46. The first-order valence-electron chi connectivity index (χ1n) is 25.6. The quantitative estimate of drug-likeness (QED) is 0.0446. The second kappa shape index (κ2) is 27.6. The Balaban J connectivity index is 1.19. The molecule has 0 radical (unpaired) electrons. The highest BCUT2D eigenvalue weighted by atomic mass is 16.8. The lowest BCUT2D eigenvalue weighted by Gasteiger charge is -2.47. The van der Waals surface area contributed by atoms with E-state index >= 15 is 0 Å². The Hall–Kier alpha value is -0.880. The van der Waals surface area contributed by atoms with Crippen molar-refractivity contribution in [2.45, 2.75) is 238 Å². The molecule has 20 atom stereocenters. The molecule has 2 aliphatic carbocycles. The van der Waals surface area contributed by atoms with Crippen molar-refractivity contribution in [2.24, 2.45) is 17.3 Å². The van der Waals surface area contributed by atoms with Crippen LogP contribution in [0.2, 0.25) is 0 Å². The third-order valence-corrected chi connectivity index (χ3v) is 15.6. The number of aliphatic hydroxyl groups is 14. The highest BCUT2D eigenvalue weighted by Gasteiger charge is 2.53. The molecule has 4 saturated heterocycles. The van der Waals surface area contributed by atoms with Gasteiger partial charge in [-0.05, 0) is 24.7 Å². The van der Waals surface area contributed by atoms with Crippen LogP contribution in [0.5, 0.6) is 0 Å². The van der Waals surface area contributed by atoms with Crippen molar-refractivity contribution in [2.75, 3.05) is 39.6 Å². The molecule has 6 fully saturated rings. The third-order valence-electron chi connectivity index (χ3n) is 15.6. The maximum atomic E-state index is 11.5. The van der Waals surface area contributed by atoms with E-state index in [-0.39, 0.29) is 13.2 Å². The van der Waals surface area contributed by atoms with Gasteiger partial charge in [-0.3, -0.25) is 0 Å². The predicted molar refractivity (Wildman–Crippen MR) is 237 cm³/mol. The van der Waals surface area contributed by atoms with Crippen LogP contribution in [0.1, 0.15) is 116 Å². The molecule has 6 rings (SSSR count). The molecule has 14 N–H and O–H groups in total. The van der Waals surface area contributed by atoms with E-state index in [2.05, 4.69) is 0 Å².